The molecule has 0 saturated carbocycles. The van der Waals surface area contributed by atoms with Gasteiger partial charge in [-0.1, -0.05) is 12.1 Å². The van der Waals surface area contributed by atoms with Gasteiger partial charge in [-0.3, -0.25) is 10.1 Å². The summed E-state index contributed by atoms with van der Waals surface area (Å²) in [7, 11) is 0. The maximum atomic E-state index is 10.8. The number of nitro groups is 1. The van der Waals surface area contributed by atoms with Crippen LogP contribution in [0, 0.1) is 17.0 Å². The van der Waals surface area contributed by atoms with Gasteiger partial charge in [-0.15, -0.1) is 11.3 Å². The highest BCUT2D eigenvalue weighted by molar-refractivity contribution is 7.13. The van der Waals surface area contributed by atoms with E-state index in [4.69, 9.17) is 0 Å². The highest BCUT2D eigenvalue weighted by Crippen LogP contribution is 2.22. The minimum atomic E-state index is -0.359. The van der Waals surface area contributed by atoms with E-state index in [1.807, 2.05) is 11.4 Å². The van der Waals surface area contributed by atoms with Crippen LogP contribution in [0.5, 0.6) is 0 Å². The van der Waals surface area contributed by atoms with Crippen LogP contribution in [0.2, 0.25) is 0 Å². The van der Waals surface area contributed by atoms with Crippen molar-refractivity contribution in [2.75, 3.05) is 5.32 Å². The number of nitrogens with zero attached hydrogens (tertiary/aromatic N) is 2. The van der Waals surface area contributed by atoms with E-state index >= 15 is 0 Å². The molecule has 1 aromatic heterocycles. The topological polar surface area (TPSA) is 68.1 Å². The maximum absolute atomic E-state index is 10.8. The molecule has 0 unspecified atom stereocenters. The van der Waals surface area contributed by atoms with E-state index in [-0.39, 0.29) is 10.6 Å². The predicted molar refractivity (Wildman–Crippen MR) is 67.3 cm³/mol. The smallest absolute Gasteiger partial charge is 0.272 e. The van der Waals surface area contributed by atoms with Crippen molar-refractivity contribution in [2.45, 2.75) is 13.5 Å². The predicted octanol–water partition coefficient (Wildman–Crippen LogP) is 2.97. The van der Waals surface area contributed by atoms with Crippen LogP contribution in [0.15, 0.2) is 29.8 Å². The number of nitro benzene ring substituents is 1. The lowest BCUT2D eigenvalue weighted by Gasteiger charge is -2.06. The molecule has 1 heterocycles. The fourth-order valence-corrected chi connectivity index (χ4v) is 2.07. The molecule has 6 heteroatoms. The Hall–Kier alpha value is -1.95. The number of rotatable bonds is 4. The van der Waals surface area contributed by atoms with Crippen LogP contribution in [0.1, 0.15) is 11.1 Å². The van der Waals surface area contributed by atoms with Gasteiger partial charge in [0.15, 0.2) is 5.13 Å². The molecule has 1 N–H and O–H groups in total. The first-order chi connectivity index (χ1) is 8.18. The van der Waals surface area contributed by atoms with Gasteiger partial charge in [0, 0.05) is 29.8 Å². The average Bonchev–Trinajstić information content (AvgIpc) is 2.80. The lowest BCUT2D eigenvalue weighted by atomic mass is 10.1. The molecule has 0 spiro atoms. The van der Waals surface area contributed by atoms with Gasteiger partial charge in [0.1, 0.15) is 0 Å². The van der Waals surface area contributed by atoms with Crippen molar-refractivity contribution in [2.24, 2.45) is 0 Å². The van der Waals surface area contributed by atoms with Gasteiger partial charge in [-0.25, -0.2) is 4.98 Å². The molecule has 5 nitrogen and oxygen atoms in total. The fourth-order valence-electron chi connectivity index (χ4n) is 1.54. The third-order valence-corrected chi connectivity index (χ3v) is 3.21. The van der Waals surface area contributed by atoms with Crippen LogP contribution >= 0.6 is 11.3 Å². The zero-order valence-corrected chi connectivity index (χ0v) is 10.0. The minimum Gasteiger partial charge on any atom is -0.357 e. The van der Waals surface area contributed by atoms with Crippen LogP contribution in [-0.2, 0) is 6.54 Å². The number of hydrogen-bond acceptors (Lipinski definition) is 5. The molecule has 17 heavy (non-hydrogen) atoms. The van der Waals surface area contributed by atoms with E-state index < -0.39 is 0 Å². The molecule has 2 aromatic rings. The third-order valence-electron chi connectivity index (χ3n) is 2.48. The van der Waals surface area contributed by atoms with E-state index in [0.29, 0.717) is 12.1 Å². The van der Waals surface area contributed by atoms with Crippen molar-refractivity contribution in [1.82, 2.24) is 4.98 Å². The molecule has 0 aliphatic carbocycles. The van der Waals surface area contributed by atoms with Crippen LogP contribution in [0.4, 0.5) is 10.8 Å². The molecule has 0 aliphatic heterocycles. The summed E-state index contributed by atoms with van der Waals surface area (Å²) in [5.74, 6) is 0. The van der Waals surface area contributed by atoms with Crippen molar-refractivity contribution in [1.29, 1.82) is 0 Å². The average molecular weight is 249 g/mol. The second kappa shape index (κ2) is 4.92. The van der Waals surface area contributed by atoms with Crippen molar-refractivity contribution < 1.29 is 4.92 Å². The zero-order valence-electron chi connectivity index (χ0n) is 9.21. The molecule has 0 aliphatic rings. The minimum absolute atomic E-state index is 0.156. The normalized spacial score (nSPS) is 10.2. The van der Waals surface area contributed by atoms with E-state index in [1.165, 1.54) is 17.4 Å². The van der Waals surface area contributed by atoms with Crippen molar-refractivity contribution in [3.8, 4) is 0 Å². The maximum Gasteiger partial charge on any atom is 0.272 e. The first-order valence-corrected chi connectivity index (χ1v) is 5.92. The second-order valence-electron chi connectivity index (χ2n) is 3.51. The summed E-state index contributed by atoms with van der Waals surface area (Å²) in [6.45, 7) is 2.30. The Kier molecular flexibility index (Phi) is 3.34. The Morgan fingerprint density at radius 1 is 1.53 bits per heavy atom. The van der Waals surface area contributed by atoms with Crippen molar-refractivity contribution in [3.05, 3.63) is 51.0 Å². The van der Waals surface area contributed by atoms with Crippen LogP contribution in [0.25, 0.3) is 0 Å². The Morgan fingerprint density at radius 3 is 3.00 bits per heavy atom. The number of benzene rings is 1. The standard InChI is InChI=1S/C11H11N3O2S/c1-8-9(3-2-4-10(8)14(15)16)7-13-11-12-5-6-17-11/h2-6H,7H2,1H3,(H,12,13). The first-order valence-electron chi connectivity index (χ1n) is 5.04. The summed E-state index contributed by atoms with van der Waals surface area (Å²) in [6.07, 6.45) is 1.72. The summed E-state index contributed by atoms with van der Waals surface area (Å²) in [5, 5.41) is 16.6. The molecular formula is C11H11N3O2S. The summed E-state index contributed by atoms with van der Waals surface area (Å²) < 4.78 is 0. The highest BCUT2D eigenvalue weighted by atomic mass is 32.1. The number of nitrogens with one attached hydrogen (secondary N) is 1. The van der Waals surface area contributed by atoms with Gasteiger partial charge in [-0.05, 0) is 12.5 Å². The highest BCUT2D eigenvalue weighted by Gasteiger charge is 2.12. The van der Waals surface area contributed by atoms with Crippen molar-refractivity contribution >= 4 is 22.2 Å². The zero-order chi connectivity index (χ0) is 12.3. The monoisotopic (exact) mass is 249 g/mol. The van der Waals surface area contributed by atoms with Crippen LogP contribution in [-0.4, -0.2) is 9.91 Å². The summed E-state index contributed by atoms with van der Waals surface area (Å²) >= 11 is 1.50. The van der Waals surface area contributed by atoms with E-state index in [2.05, 4.69) is 10.3 Å². The molecule has 2 rings (SSSR count). The summed E-state index contributed by atoms with van der Waals surface area (Å²) in [4.78, 5) is 14.5. The van der Waals surface area contributed by atoms with Crippen LogP contribution in [0.3, 0.4) is 0 Å². The van der Waals surface area contributed by atoms with Gasteiger partial charge >= 0.3 is 0 Å². The van der Waals surface area contributed by atoms with E-state index in [1.54, 1.807) is 19.2 Å². The molecule has 0 saturated heterocycles. The largest absolute Gasteiger partial charge is 0.357 e. The van der Waals surface area contributed by atoms with Gasteiger partial charge in [-0.2, -0.15) is 0 Å². The van der Waals surface area contributed by atoms with Gasteiger partial charge in [0.25, 0.3) is 5.69 Å². The lowest BCUT2D eigenvalue weighted by Crippen LogP contribution is -2.02. The molecule has 0 radical (unpaired) electrons. The molecule has 0 amide bonds. The molecule has 0 fully saturated rings. The van der Waals surface area contributed by atoms with Crippen LogP contribution < -0.4 is 5.32 Å². The molecule has 0 bridgehead atoms. The Bertz CT molecular complexity index is 526. The summed E-state index contributed by atoms with van der Waals surface area (Å²) in [5.41, 5.74) is 1.76. The SMILES string of the molecule is Cc1c(CNc2nccs2)cccc1[N+](=O)[O-]. The lowest BCUT2D eigenvalue weighted by molar-refractivity contribution is -0.385. The van der Waals surface area contributed by atoms with E-state index in [0.717, 1.165) is 10.7 Å². The second-order valence-corrected chi connectivity index (χ2v) is 4.40. The van der Waals surface area contributed by atoms with Gasteiger partial charge in [0.2, 0.25) is 0 Å². The molecule has 1 aromatic carbocycles. The number of hydrogen-bond donors (Lipinski definition) is 1. The number of anilines is 1. The third kappa shape index (κ3) is 2.59. The fraction of sp³-hybridized carbons (Fsp3) is 0.182. The summed E-state index contributed by atoms with van der Waals surface area (Å²) in [6, 6.07) is 5.09. The Morgan fingerprint density at radius 2 is 2.35 bits per heavy atom. The Labute approximate surface area is 102 Å². The number of aromatic nitrogens is 1. The van der Waals surface area contributed by atoms with E-state index in [9.17, 15) is 10.1 Å². The molecule has 0 atom stereocenters. The first kappa shape index (κ1) is 11.5. The van der Waals surface area contributed by atoms with Gasteiger partial charge < -0.3 is 5.32 Å². The van der Waals surface area contributed by atoms with Crippen molar-refractivity contribution in [3.63, 3.8) is 0 Å². The quantitative estimate of drug-likeness (QED) is 0.668. The van der Waals surface area contributed by atoms with Gasteiger partial charge in [0.05, 0.1) is 4.92 Å². The Balaban J connectivity index is 2.16. The molecule has 88 valence electrons. The molecular weight excluding hydrogens is 238 g/mol. The number of thiazole rings is 1.